The van der Waals surface area contributed by atoms with Crippen LogP contribution >= 0.6 is 0 Å². The van der Waals surface area contributed by atoms with Gasteiger partial charge in [0.1, 0.15) is 5.75 Å². The summed E-state index contributed by atoms with van der Waals surface area (Å²) in [5.74, 6) is 5.79. The average molecular weight is 251 g/mol. The number of nitrogens with zero attached hydrogens (tertiary/aromatic N) is 1. The molecule has 0 fully saturated rings. The third-order valence-electron chi connectivity index (χ3n) is 2.87. The largest absolute Gasteiger partial charge is 0.497 e. The summed E-state index contributed by atoms with van der Waals surface area (Å²) in [4.78, 5) is 13.6. The molecule has 0 atom stereocenters. The van der Waals surface area contributed by atoms with E-state index in [-0.39, 0.29) is 5.91 Å². The van der Waals surface area contributed by atoms with Crippen molar-refractivity contribution in [2.45, 2.75) is 13.8 Å². The minimum Gasteiger partial charge on any atom is -0.497 e. The first-order valence-corrected chi connectivity index (χ1v) is 5.77. The van der Waals surface area contributed by atoms with Gasteiger partial charge in [-0.05, 0) is 26.0 Å². The molecule has 1 amide bonds. The molecule has 5 heteroatoms. The van der Waals surface area contributed by atoms with Gasteiger partial charge >= 0.3 is 0 Å². The fourth-order valence-electron chi connectivity index (χ4n) is 1.80. The van der Waals surface area contributed by atoms with Crippen molar-refractivity contribution >= 4 is 11.6 Å². The van der Waals surface area contributed by atoms with Crippen molar-refractivity contribution in [3.63, 3.8) is 0 Å². The molecule has 3 N–H and O–H groups in total. The summed E-state index contributed by atoms with van der Waals surface area (Å²) in [6.45, 7) is 4.26. The summed E-state index contributed by atoms with van der Waals surface area (Å²) < 4.78 is 5.18. The van der Waals surface area contributed by atoms with Crippen molar-refractivity contribution in [3.8, 4) is 5.75 Å². The van der Waals surface area contributed by atoms with Crippen molar-refractivity contribution in [2.75, 3.05) is 25.6 Å². The smallest absolute Gasteiger partial charge is 0.241 e. The molecule has 0 radical (unpaired) electrons. The Kier molecular flexibility index (Phi) is 4.55. The van der Waals surface area contributed by atoms with Gasteiger partial charge in [-0.2, -0.15) is 0 Å². The molecular weight excluding hydrogens is 230 g/mol. The molecule has 0 aliphatic rings. The van der Waals surface area contributed by atoms with E-state index in [1.54, 1.807) is 7.11 Å². The molecule has 1 rings (SSSR count). The van der Waals surface area contributed by atoms with Crippen LogP contribution in [-0.4, -0.2) is 26.6 Å². The van der Waals surface area contributed by atoms with E-state index in [0.29, 0.717) is 6.54 Å². The number of hydrogen-bond acceptors (Lipinski definition) is 4. The Labute approximate surface area is 108 Å². The second kappa shape index (κ2) is 5.73. The van der Waals surface area contributed by atoms with Gasteiger partial charge in [-0.1, -0.05) is 6.07 Å². The molecule has 0 aliphatic carbocycles. The lowest BCUT2D eigenvalue weighted by atomic mass is 9.92. The number of carbonyl (C=O) groups is 1. The van der Waals surface area contributed by atoms with Gasteiger partial charge in [0.2, 0.25) is 5.91 Å². The van der Waals surface area contributed by atoms with E-state index in [1.165, 1.54) is 0 Å². The lowest BCUT2D eigenvalue weighted by Gasteiger charge is -2.30. The number of nitrogens with one attached hydrogen (secondary N) is 1. The van der Waals surface area contributed by atoms with Crippen LogP contribution in [0.15, 0.2) is 24.3 Å². The fourth-order valence-corrected chi connectivity index (χ4v) is 1.80. The third kappa shape index (κ3) is 3.37. The zero-order chi connectivity index (χ0) is 13.8. The van der Waals surface area contributed by atoms with E-state index < -0.39 is 5.41 Å². The van der Waals surface area contributed by atoms with Crippen LogP contribution in [0.5, 0.6) is 5.75 Å². The van der Waals surface area contributed by atoms with Gasteiger partial charge in [0, 0.05) is 25.3 Å². The van der Waals surface area contributed by atoms with Crippen LogP contribution in [0.3, 0.4) is 0 Å². The van der Waals surface area contributed by atoms with Crippen LogP contribution in [0, 0.1) is 5.41 Å². The molecule has 0 aliphatic heterocycles. The Hall–Kier alpha value is -1.75. The number of carbonyl (C=O) groups excluding carboxylic acids is 1. The summed E-state index contributed by atoms with van der Waals surface area (Å²) in [5.41, 5.74) is 2.62. The molecule has 0 unspecified atom stereocenters. The summed E-state index contributed by atoms with van der Waals surface area (Å²) in [6, 6.07) is 7.70. The van der Waals surface area contributed by atoms with Gasteiger partial charge in [0.15, 0.2) is 0 Å². The highest BCUT2D eigenvalue weighted by molar-refractivity contribution is 5.82. The van der Waals surface area contributed by atoms with E-state index in [2.05, 4.69) is 5.43 Å². The van der Waals surface area contributed by atoms with Gasteiger partial charge in [0.05, 0.1) is 12.5 Å². The van der Waals surface area contributed by atoms with Crippen molar-refractivity contribution in [1.82, 2.24) is 5.43 Å². The van der Waals surface area contributed by atoms with Crippen molar-refractivity contribution in [2.24, 2.45) is 11.3 Å². The minimum atomic E-state index is -0.563. The molecule has 0 bridgehead atoms. The van der Waals surface area contributed by atoms with Gasteiger partial charge in [-0.3, -0.25) is 10.2 Å². The SMILES string of the molecule is COc1cccc(N(C)CC(C)(C)C(=O)NN)c1. The summed E-state index contributed by atoms with van der Waals surface area (Å²) >= 11 is 0. The average Bonchev–Trinajstić information content (AvgIpc) is 2.37. The first-order chi connectivity index (χ1) is 8.40. The molecule has 100 valence electrons. The first-order valence-electron chi connectivity index (χ1n) is 5.77. The Balaban J connectivity index is 2.81. The number of methoxy groups -OCH3 is 1. The standard InChI is InChI=1S/C13H21N3O2/c1-13(2,12(17)15-14)9-16(3)10-6-5-7-11(8-10)18-4/h5-8H,9,14H2,1-4H3,(H,15,17). The second-order valence-corrected chi connectivity index (χ2v) is 4.91. The molecule has 0 aromatic heterocycles. The molecule has 18 heavy (non-hydrogen) atoms. The van der Waals surface area contributed by atoms with Gasteiger partial charge in [-0.15, -0.1) is 0 Å². The zero-order valence-electron chi connectivity index (χ0n) is 11.4. The molecule has 1 aromatic carbocycles. The Bertz CT molecular complexity index is 418. The highest BCUT2D eigenvalue weighted by Crippen LogP contribution is 2.24. The quantitative estimate of drug-likeness (QED) is 0.468. The fraction of sp³-hybridized carbons (Fsp3) is 0.462. The van der Waals surface area contributed by atoms with E-state index in [4.69, 9.17) is 10.6 Å². The van der Waals surface area contributed by atoms with Crippen LogP contribution in [-0.2, 0) is 4.79 Å². The summed E-state index contributed by atoms with van der Waals surface area (Å²) in [7, 11) is 3.56. The number of rotatable bonds is 5. The van der Waals surface area contributed by atoms with Crippen LogP contribution in [0.1, 0.15) is 13.8 Å². The Morgan fingerprint density at radius 3 is 2.72 bits per heavy atom. The number of nitrogens with two attached hydrogens (primary N) is 1. The third-order valence-corrected chi connectivity index (χ3v) is 2.87. The molecule has 0 saturated heterocycles. The van der Waals surface area contributed by atoms with Crippen LogP contribution in [0.2, 0.25) is 0 Å². The predicted octanol–water partition coefficient (Wildman–Crippen LogP) is 1.15. The number of benzene rings is 1. The van der Waals surface area contributed by atoms with Crippen molar-refractivity contribution < 1.29 is 9.53 Å². The lowest BCUT2D eigenvalue weighted by molar-refractivity contribution is -0.128. The first kappa shape index (κ1) is 14.3. The molecular formula is C13H21N3O2. The van der Waals surface area contributed by atoms with Gasteiger partial charge < -0.3 is 9.64 Å². The number of anilines is 1. The molecule has 0 heterocycles. The highest BCUT2D eigenvalue weighted by atomic mass is 16.5. The predicted molar refractivity (Wildman–Crippen MR) is 72.4 cm³/mol. The number of amides is 1. The van der Waals surface area contributed by atoms with E-state index in [0.717, 1.165) is 11.4 Å². The van der Waals surface area contributed by atoms with Crippen LogP contribution in [0.4, 0.5) is 5.69 Å². The maximum atomic E-state index is 11.6. The number of hydrazine groups is 1. The van der Waals surface area contributed by atoms with Crippen molar-refractivity contribution in [1.29, 1.82) is 0 Å². The van der Waals surface area contributed by atoms with E-state index >= 15 is 0 Å². The van der Waals surface area contributed by atoms with Crippen molar-refractivity contribution in [3.05, 3.63) is 24.3 Å². The Morgan fingerprint density at radius 1 is 1.50 bits per heavy atom. The van der Waals surface area contributed by atoms with Crippen LogP contribution < -0.4 is 20.9 Å². The monoisotopic (exact) mass is 251 g/mol. The molecule has 1 aromatic rings. The zero-order valence-corrected chi connectivity index (χ0v) is 11.4. The van der Waals surface area contributed by atoms with E-state index in [1.807, 2.05) is 50.1 Å². The maximum absolute atomic E-state index is 11.6. The Morgan fingerprint density at radius 2 is 2.17 bits per heavy atom. The molecule has 0 saturated carbocycles. The van der Waals surface area contributed by atoms with Gasteiger partial charge in [0.25, 0.3) is 0 Å². The van der Waals surface area contributed by atoms with Crippen LogP contribution in [0.25, 0.3) is 0 Å². The minimum absolute atomic E-state index is 0.183. The van der Waals surface area contributed by atoms with E-state index in [9.17, 15) is 4.79 Å². The summed E-state index contributed by atoms with van der Waals surface area (Å²) in [5, 5.41) is 0. The number of ether oxygens (including phenoxy) is 1. The summed E-state index contributed by atoms with van der Waals surface area (Å²) in [6.07, 6.45) is 0. The number of hydrogen-bond donors (Lipinski definition) is 2. The molecule has 5 nitrogen and oxygen atoms in total. The lowest BCUT2D eigenvalue weighted by Crippen LogP contribution is -2.46. The highest BCUT2D eigenvalue weighted by Gasteiger charge is 2.28. The topological polar surface area (TPSA) is 67.6 Å². The maximum Gasteiger partial charge on any atom is 0.241 e. The second-order valence-electron chi connectivity index (χ2n) is 4.91. The molecule has 0 spiro atoms. The van der Waals surface area contributed by atoms with Gasteiger partial charge in [-0.25, -0.2) is 5.84 Å². The normalized spacial score (nSPS) is 10.9.